The highest BCUT2D eigenvalue weighted by Crippen LogP contribution is 2.28. The fourth-order valence-electron chi connectivity index (χ4n) is 3.94. The lowest BCUT2D eigenvalue weighted by Gasteiger charge is -2.15. The number of benzene rings is 4. The lowest BCUT2D eigenvalue weighted by molar-refractivity contribution is 0.135. The minimum absolute atomic E-state index is 0.237. The van der Waals surface area contributed by atoms with E-state index < -0.39 is 12.2 Å². The lowest BCUT2D eigenvalue weighted by Crippen LogP contribution is -2.01. The van der Waals surface area contributed by atoms with Crippen LogP contribution in [0.15, 0.2) is 97.1 Å². The van der Waals surface area contributed by atoms with E-state index in [1.165, 1.54) is 0 Å². The van der Waals surface area contributed by atoms with Crippen LogP contribution in [0.25, 0.3) is 22.3 Å². The molecule has 168 valence electrons. The van der Waals surface area contributed by atoms with E-state index in [-0.39, 0.29) is 11.5 Å². The molecule has 0 aliphatic heterocycles. The van der Waals surface area contributed by atoms with E-state index in [9.17, 15) is 20.4 Å². The summed E-state index contributed by atoms with van der Waals surface area (Å²) < 4.78 is 0. The summed E-state index contributed by atoms with van der Waals surface area (Å²) in [7, 11) is 0. The van der Waals surface area contributed by atoms with E-state index >= 15 is 0 Å². The first-order chi connectivity index (χ1) is 16.0. The van der Waals surface area contributed by atoms with E-state index in [2.05, 4.69) is 0 Å². The molecule has 4 aromatic carbocycles. The van der Waals surface area contributed by atoms with Gasteiger partial charge in [0.05, 0.1) is 12.2 Å². The molecule has 0 saturated heterocycles. The standard InChI is InChI=1S/C29H28O4/c30-26-16-12-22(13-17-26)20-4-8-24(9-5-20)28(32)2-1-3-29(33)25-10-6-21(7-11-25)23-14-18-27(31)19-15-23/h4-19,28-33H,1-3H2. The number of phenols is 2. The van der Waals surface area contributed by atoms with Crippen LogP contribution in [0, 0.1) is 0 Å². The summed E-state index contributed by atoms with van der Waals surface area (Å²) in [5.41, 5.74) is 5.77. The van der Waals surface area contributed by atoms with Crippen LogP contribution >= 0.6 is 0 Å². The monoisotopic (exact) mass is 440 g/mol. The minimum Gasteiger partial charge on any atom is -0.508 e. The Bertz CT molecular complexity index is 1050. The molecular formula is C29H28O4. The molecule has 2 atom stereocenters. The van der Waals surface area contributed by atoms with Crippen molar-refractivity contribution in [1.29, 1.82) is 0 Å². The number of rotatable bonds is 8. The SMILES string of the molecule is Oc1ccc(-c2ccc(C(O)CCCC(O)c3ccc(-c4ccc(O)cc4)cc3)cc2)cc1. The Morgan fingerprint density at radius 3 is 1.00 bits per heavy atom. The van der Waals surface area contributed by atoms with Gasteiger partial charge in [-0.25, -0.2) is 0 Å². The molecule has 2 unspecified atom stereocenters. The van der Waals surface area contributed by atoms with Crippen LogP contribution in [0.1, 0.15) is 42.6 Å². The summed E-state index contributed by atoms with van der Waals surface area (Å²) in [6.07, 6.45) is 0.676. The molecule has 0 heterocycles. The summed E-state index contributed by atoms with van der Waals surface area (Å²) >= 11 is 0. The normalized spacial score (nSPS) is 12.9. The van der Waals surface area contributed by atoms with Gasteiger partial charge in [0.2, 0.25) is 0 Å². The Balaban J connectivity index is 1.28. The summed E-state index contributed by atoms with van der Waals surface area (Å²) in [6.45, 7) is 0. The third-order valence-electron chi connectivity index (χ3n) is 5.95. The summed E-state index contributed by atoms with van der Waals surface area (Å²) in [6, 6.07) is 29.6. The van der Waals surface area contributed by atoms with Gasteiger partial charge in [-0.05, 0) is 76.9 Å². The van der Waals surface area contributed by atoms with E-state index in [1.807, 2.05) is 72.8 Å². The van der Waals surface area contributed by atoms with Crippen LogP contribution in [-0.4, -0.2) is 20.4 Å². The highest BCUT2D eigenvalue weighted by Gasteiger charge is 2.12. The fourth-order valence-corrected chi connectivity index (χ4v) is 3.94. The maximum Gasteiger partial charge on any atom is 0.115 e. The average Bonchev–Trinajstić information content (AvgIpc) is 2.85. The summed E-state index contributed by atoms with van der Waals surface area (Å²) in [4.78, 5) is 0. The predicted molar refractivity (Wildman–Crippen MR) is 131 cm³/mol. The Morgan fingerprint density at radius 1 is 0.424 bits per heavy atom. The van der Waals surface area contributed by atoms with Crippen molar-refractivity contribution in [3.63, 3.8) is 0 Å². The van der Waals surface area contributed by atoms with Crippen molar-refractivity contribution in [2.24, 2.45) is 0 Å². The molecule has 4 heteroatoms. The molecule has 0 amide bonds. The zero-order valence-electron chi connectivity index (χ0n) is 18.3. The highest BCUT2D eigenvalue weighted by atomic mass is 16.3. The van der Waals surface area contributed by atoms with E-state index in [0.717, 1.165) is 33.4 Å². The number of aliphatic hydroxyl groups is 2. The maximum absolute atomic E-state index is 10.6. The van der Waals surface area contributed by atoms with E-state index in [1.54, 1.807) is 24.3 Å². The van der Waals surface area contributed by atoms with Crippen molar-refractivity contribution in [2.45, 2.75) is 31.5 Å². The first kappa shape index (κ1) is 22.6. The van der Waals surface area contributed by atoms with Gasteiger partial charge in [-0.1, -0.05) is 72.8 Å². The molecule has 0 aromatic heterocycles. The zero-order valence-corrected chi connectivity index (χ0v) is 18.3. The molecule has 4 N–H and O–H groups in total. The fraction of sp³-hybridized carbons (Fsp3) is 0.172. The van der Waals surface area contributed by atoms with Crippen LogP contribution in [0.5, 0.6) is 11.5 Å². The smallest absolute Gasteiger partial charge is 0.115 e. The molecule has 0 aliphatic rings. The molecular weight excluding hydrogens is 412 g/mol. The molecule has 0 spiro atoms. The molecule has 4 nitrogen and oxygen atoms in total. The topological polar surface area (TPSA) is 80.9 Å². The largest absolute Gasteiger partial charge is 0.508 e. The number of phenolic OH excluding ortho intramolecular Hbond substituents is 2. The highest BCUT2D eigenvalue weighted by molar-refractivity contribution is 5.65. The van der Waals surface area contributed by atoms with Gasteiger partial charge in [-0.3, -0.25) is 0 Å². The van der Waals surface area contributed by atoms with E-state index in [4.69, 9.17) is 0 Å². The second-order valence-electron chi connectivity index (χ2n) is 8.30. The molecule has 0 radical (unpaired) electrons. The van der Waals surface area contributed by atoms with Gasteiger partial charge in [0, 0.05) is 0 Å². The Hall–Kier alpha value is -3.60. The van der Waals surface area contributed by atoms with Crippen molar-refractivity contribution in [2.75, 3.05) is 0 Å². The van der Waals surface area contributed by atoms with Crippen LogP contribution in [-0.2, 0) is 0 Å². The van der Waals surface area contributed by atoms with E-state index in [0.29, 0.717) is 19.3 Å². The van der Waals surface area contributed by atoms with Gasteiger partial charge in [0.25, 0.3) is 0 Å². The first-order valence-corrected chi connectivity index (χ1v) is 11.1. The minimum atomic E-state index is -0.581. The second-order valence-corrected chi connectivity index (χ2v) is 8.30. The molecule has 0 fully saturated rings. The van der Waals surface area contributed by atoms with Crippen LogP contribution in [0.3, 0.4) is 0 Å². The maximum atomic E-state index is 10.6. The van der Waals surface area contributed by atoms with Gasteiger partial charge in [0.15, 0.2) is 0 Å². The number of aromatic hydroxyl groups is 2. The lowest BCUT2D eigenvalue weighted by atomic mass is 9.96. The van der Waals surface area contributed by atoms with Crippen molar-refractivity contribution in [1.82, 2.24) is 0 Å². The third-order valence-corrected chi connectivity index (χ3v) is 5.95. The molecule has 4 aromatic rings. The van der Waals surface area contributed by atoms with Crippen molar-refractivity contribution in [3.8, 4) is 33.8 Å². The second kappa shape index (κ2) is 10.3. The Labute approximate surface area is 194 Å². The van der Waals surface area contributed by atoms with Gasteiger partial charge in [-0.15, -0.1) is 0 Å². The molecule has 4 rings (SSSR count). The Kier molecular flexibility index (Phi) is 7.08. The summed E-state index contributed by atoms with van der Waals surface area (Å²) in [5, 5.41) is 40.0. The predicted octanol–water partition coefficient (Wildman–Crippen LogP) is 6.37. The molecule has 0 saturated carbocycles. The van der Waals surface area contributed by atoms with Crippen LogP contribution < -0.4 is 0 Å². The molecule has 0 bridgehead atoms. The van der Waals surface area contributed by atoms with Gasteiger partial charge in [-0.2, -0.15) is 0 Å². The average molecular weight is 441 g/mol. The number of aliphatic hydroxyl groups excluding tert-OH is 2. The summed E-state index contributed by atoms with van der Waals surface area (Å²) in [5.74, 6) is 0.475. The zero-order chi connectivity index (χ0) is 23.2. The number of hydrogen-bond acceptors (Lipinski definition) is 4. The quantitative estimate of drug-likeness (QED) is 0.257. The Morgan fingerprint density at radius 2 is 0.697 bits per heavy atom. The van der Waals surface area contributed by atoms with Crippen LogP contribution in [0.2, 0.25) is 0 Å². The molecule has 33 heavy (non-hydrogen) atoms. The van der Waals surface area contributed by atoms with Gasteiger partial charge >= 0.3 is 0 Å². The van der Waals surface area contributed by atoms with Gasteiger partial charge < -0.3 is 20.4 Å². The van der Waals surface area contributed by atoms with Crippen molar-refractivity contribution in [3.05, 3.63) is 108 Å². The van der Waals surface area contributed by atoms with Crippen molar-refractivity contribution >= 4 is 0 Å². The first-order valence-electron chi connectivity index (χ1n) is 11.1. The van der Waals surface area contributed by atoms with Gasteiger partial charge in [0.1, 0.15) is 11.5 Å². The third kappa shape index (κ3) is 5.80. The molecule has 0 aliphatic carbocycles. The van der Waals surface area contributed by atoms with Crippen LogP contribution in [0.4, 0.5) is 0 Å². The van der Waals surface area contributed by atoms with Crippen molar-refractivity contribution < 1.29 is 20.4 Å². The number of hydrogen-bond donors (Lipinski definition) is 4.